The fraction of sp³-hybridized carbons (Fsp3) is 0.538. The van der Waals surface area contributed by atoms with Crippen LogP contribution in [0.4, 0.5) is 5.69 Å². The normalized spacial score (nSPS) is 15.6. The van der Waals surface area contributed by atoms with Gasteiger partial charge in [-0.2, -0.15) is 0 Å². The van der Waals surface area contributed by atoms with Gasteiger partial charge in [0.25, 0.3) is 0 Å². The number of rotatable bonds is 8. The van der Waals surface area contributed by atoms with Gasteiger partial charge in [0.1, 0.15) is 0 Å². The Kier molecular flexibility index (Phi) is 4.79. The molecule has 1 aromatic carbocycles. The average molecular weight is 284 g/mol. The van der Waals surface area contributed by atoms with Crippen molar-refractivity contribution in [2.75, 3.05) is 25.5 Å². The Morgan fingerprint density at radius 1 is 1.37 bits per heavy atom. The molecule has 106 valence electrons. The highest BCUT2D eigenvalue weighted by Crippen LogP contribution is 2.28. The van der Waals surface area contributed by atoms with Gasteiger partial charge in [-0.1, -0.05) is 12.1 Å². The van der Waals surface area contributed by atoms with E-state index in [0.717, 1.165) is 6.61 Å². The van der Waals surface area contributed by atoms with Gasteiger partial charge in [0.2, 0.25) is 10.0 Å². The van der Waals surface area contributed by atoms with Crippen LogP contribution >= 0.6 is 0 Å². The van der Waals surface area contributed by atoms with E-state index < -0.39 is 10.0 Å². The van der Waals surface area contributed by atoms with Gasteiger partial charge < -0.3 is 10.5 Å². The molecule has 0 spiro atoms. The van der Waals surface area contributed by atoms with Crippen molar-refractivity contribution in [1.29, 1.82) is 0 Å². The lowest BCUT2D eigenvalue weighted by Crippen LogP contribution is -2.28. The molecule has 0 unspecified atom stereocenters. The van der Waals surface area contributed by atoms with Crippen LogP contribution in [0.2, 0.25) is 0 Å². The lowest BCUT2D eigenvalue weighted by Gasteiger charge is -2.07. The van der Waals surface area contributed by atoms with Crippen LogP contribution in [0.15, 0.2) is 24.3 Å². The van der Waals surface area contributed by atoms with E-state index in [1.54, 1.807) is 24.3 Å². The van der Waals surface area contributed by atoms with Crippen LogP contribution in [0, 0.1) is 5.92 Å². The third-order valence-corrected chi connectivity index (χ3v) is 4.28. The number of anilines is 1. The monoisotopic (exact) mass is 284 g/mol. The Morgan fingerprint density at radius 2 is 2.16 bits per heavy atom. The summed E-state index contributed by atoms with van der Waals surface area (Å²) in [4.78, 5) is 0. The number of nitrogens with two attached hydrogens (primary N) is 1. The van der Waals surface area contributed by atoms with E-state index in [0.29, 0.717) is 30.3 Å². The zero-order valence-electron chi connectivity index (χ0n) is 10.8. The minimum absolute atomic E-state index is 0.0549. The largest absolute Gasteiger partial charge is 0.399 e. The van der Waals surface area contributed by atoms with E-state index in [4.69, 9.17) is 10.5 Å². The van der Waals surface area contributed by atoms with Crippen LogP contribution in [-0.2, 0) is 20.5 Å². The number of benzene rings is 1. The Bertz CT molecular complexity index is 512. The predicted octanol–water partition coefficient (Wildman–Crippen LogP) is 1.11. The maximum Gasteiger partial charge on any atom is 0.215 e. The summed E-state index contributed by atoms with van der Waals surface area (Å²) in [6, 6.07) is 6.90. The second kappa shape index (κ2) is 6.36. The molecule has 1 fully saturated rings. The molecule has 5 nitrogen and oxygen atoms in total. The van der Waals surface area contributed by atoms with Crippen molar-refractivity contribution < 1.29 is 13.2 Å². The van der Waals surface area contributed by atoms with Crippen molar-refractivity contribution >= 4 is 15.7 Å². The van der Waals surface area contributed by atoms with Crippen LogP contribution in [-0.4, -0.2) is 28.2 Å². The second-order valence-electron chi connectivity index (χ2n) is 4.92. The Morgan fingerprint density at radius 3 is 2.84 bits per heavy atom. The van der Waals surface area contributed by atoms with Crippen molar-refractivity contribution in [2.45, 2.75) is 18.6 Å². The molecule has 3 N–H and O–H groups in total. The molecule has 2 rings (SSSR count). The maximum atomic E-state index is 11.8. The molecule has 0 heterocycles. The third-order valence-electron chi connectivity index (χ3n) is 2.93. The predicted molar refractivity (Wildman–Crippen MR) is 75.0 cm³/mol. The summed E-state index contributed by atoms with van der Waals surface area (Å²) in [6.07, 6.45) is 2.47. The summed E-state index contributed by atoms with van der Waals surface area (Å²) >= 11 is 0. The summed E-state index contributed by atoms with van der Waals surface area (Å²) in [5.74, 6) is 0.643. The van der Waals surface area contributed by atoms with Crippen molar-refractivity contribution in [3.05, 3.63) is 29.8 Å². The van der Waals surface area contributed by atoms with Gasteiger partial charge in [-0.15, -0.1) is 0 Å². The van der Waals surface area contributed by atoms with E-state index in [9.17, 15) is 8.42 Å². The highest BCUT2D eigenvalue weighted by molar-refractivity contribution is 7.88. The van der Waals surface area contributed by atoms with E-state index in [-0.39, 0.29) is 5.75 Å². The zero-order chi connectivity index (χ0) is 13.7. The number of nitrogens with one attached hydrogen (secondary N) is 1. The molecule has 1 saturated carbocycles. The molecule has 1 aliphatic rings. The number of hydrogen-bond donors (Lipinski definition) is 2. The molecule has 0 amide bonds. The summed E-state index contributed by atoms with van der Waals surface area (Å²) < 4.78 is 31.5. The first-order chi connectivity index (χ1) is 9.05. The first-order valence-corrected chi connectivity index (χ1v) is 8.10. The standard InChI is InChI=1S/C13H20N2O3S/c14-13-3-1-2-12(8-13)10-19(16,17)15-6-7-18-9-11-4-5-11/h1-3,8,11,15H,4-7,9-10,14H2. The van der Waals surface area contributed by atoms with Crippen molar-refractivity contribution in [3.63, 3.8) is 0 Å². The third kappa shape index (κ3) is 5.59. The molecule has 0 atom stereocenters. The molecule has 1 aliphatic carbocycles. The Labute approximate surface area is 114 Å². The van der Waals surface area contributed by atoms with Crippen LogP contribution in [0.3, 0.4) is 0 Å². The molecule has 1 aromatic rings. The van der Waals surface area contributed by atoms with Gasteiger partial charge >= 0.3 is 0 Å². The van der Waals surface area contributed by atoms with Crippen molar-refractivity contribution in [2.24, 2.45) is 5.92 Å². The van der Waals surface area contributed by atoms with Crippen molar-refractivity contribution in [3.8, 4) is 0 Å². The lowest BCUT2D eigenvalue weighted by atomic mass is 10.2. The first kappa shape index (κ1) is 14.3. The van der Waals surface area contributed by atoms with E-state index in [1.165, 1.54) is 12.8 Å². The van der Waals surface area contributed by atoms with Gasteiger partial charge in [-0.3, -0.25) is 0 Å². The van der Waals surface area contributed by atoms with Gasteiger partial charge in [0.15, 0.2) is 0 Å². The van der Waals surface area contributed by atoms with E-state index in [1.807, 2.05) is 0 Å². The molecule has 0 aromatic heterocycles. The fourth-order valence-corrected chi connectivity index (χ4v) is 2.87. The molecular weight excluding hydrogens is 264 g/mol. The highest BCUT2D eigenvalue weighted by atomic mass is 32.2. The minimum atomic E-state index is -3.32. The molecule has 19 heavy (non-hydrogen) atoms. The van der Waals surface area contributed by atoms with Gasteiger partial charge in [-0.05, 0) is 36.5 Å². The molecule has 0 bridgehead atoms. The number of sulfonamides is 1. The van der Waals surface area contributed by atoms with Gasteiger partial charge in [-0.25, -0.2) is 13.1 Å². The Balaban J connectivity index is 1.71. The molecule has 0 radical (unpaired) electrons. The Hall–Kier alpha value is -1.11. The van der Waals surface area contributed by atoms with E-state index >= 15 is 0 Å². The topological polar surface area (TPSA) is 81.4 Å². The summed E-state index contributed by atoms with van der Waals surface area (Å²) in [6.45, 7) is 1.49. The SMILES string of the molecule is Nc1cccc(CS(=O)(=O)NCCOCC2CC2)c1. The lowest BCUT2D eigenvalue weighted by molar-refractivity contribution is 0.129. The number of ether oxygens (including phenoxy) is 1. The summed E-state index contributed by atoms with van der Waals surface area (Å²) in [7, 11) is -3.32. The first-order valence-electron chi connectivity index (χ1n) is 6.45. The fourth-order valence-electron chi connectivity index (χ4n) is 1.76. The zero-order valence-corrected chi connectivity index (χ0v) is 11.7. The van der Waals surface area contributed by atoms with Gasteiger partial charge in [0.05, 0.1) is 12.4 Å². The summed E-state index contributed by atoms with van der Waals surface area (Å²) in [5, 5.41) is 0. The van der Waals surface area contributed by atoms with Crippen LogP contribution in [0.1, 0.15) is 18.4 Å². The summed E-state index contributed by atoms with van der Waals surface area (Å²) in [5.41, 5.74) is 6.87. The van der Waals surface area contributed by atoms with Gasteiger partial charge in [0, 0.05) is 18.8 Å². The molecule has 0 aliphatic heterocycles. The smallest absolute Gasteiger partial charge is 0.215 e. The molecular formula is C13H20N2O3S. The van der Waals surface area contributed by atoms with Crippen LogP contribution in [0.25, 0.3) is 0 Å². The minimum Gasteiger partial charge on any atom is -0.399 e. The average Bonchev–Trinajstić information content (AvgIpc) is 3.11. The molecule has 0 saturated heterocycles. The number of nitrogen functional groups attached to an aromatic ring is 1. The van der Waals surface area contributed by atoms with E-state index in [2.05, 4.69) is 4.72 Å². The molecule has 6 heteroatoms. The second-order valence-corrected chi connectivity index (χ2v) is 6.72. The highest BCUT2D eigenvalue weighted by Gasteiger charge is 2.21. The quantitative estimate of drug-likeness (QED) is 0.553. The van der Waals surface area contributed by atoms with Crippen LogP contribution < -0.4 is 10.5 Å². The maximum absolute atomic E-state index is 11.8. The number of hydrogen-bond acceptors (Lipinski definition) is 4. The van der Waals surface area contributed by atoms with Crippen molar-refractivity contribution in [1.82, 2.24) is 4.72 Å². The van der Waals surface area contributed by atoms with Crippen LogP contribution in [0.5, 0.6) is 0 Å².